The lowest BCUT2D eigenvalue weighted by Gasteiger charge is -2.18. The molecule has 1 aromatic carbocycles. The summed E-state index contributed by atoms with van der Waals surface area (Å²) in [4.78, 5) is 10.5. The Kier molecular flexibility index (Phi) is 4.08. The van der Waals surface area contributed by atoms with E-state index in [1.54, 1.807) is 0 Å². The molecule has 0 spiro atoms. The maximum Gasteiger partial charge on any atom is 0.239 e. The van der Waals surface area contributed by atoms with Crippen molar-refractivity contribution in [2.24, 2.45) is 5.84 Å². The molecule has 1 saturated heterocycles. The summed E-state index contributed by atoms with van der Waals surface area (Å²) in [7, 11) is 0. The van der Waals surface area contributed by atoms with Crippen molar-refractivity contribution in [1.82, 2.24) is 9.97 Å². The van der Waals surface area contributed by atoms with Gasteiger partial charge < -0.3 is 10.2 Å². The fraction of sp³-hybridized carbons (Fsp3) is 0.286. The molecule has 6 nitrogen and oxygen atoms in total. The van der Waals surface area contributed by atoms with E-state index in [1.165, 1.54) is 24.7 Å². The summed E-state index contributed by atoms with van der Waals surface area (Å²) in [5, 5.41) is 3.61. The molecule has 1 aliphatic rings. The lowest BCUT2D eigenvalue weighted by atomic mass is 10.2. The van der Waals surface area contributed by atoms with Crippen molar-refractivity contribution < 1.29 is 0 Å². The first-order valence-electron chi connectivity index (χ1n) is 6.87. The van der Waals surface area contributed by atoms with Crippen LogP contribution < -0.4 is 21.5 Å². The quantitative estimate of drug-likeness (QED) is 0.595. The summed E-state index contributed by atoms with van der Waals surface area (Å²) in [5.74, 6) is 6.14. The molecule has 2 heterocycles. The Labute approximate surface area is 128 Å². The number of benzene rings is 1. The van der Waals surface area contributed by atoms with Gasteiger partial charge in [-0.05, 0) is 37.1 Å². The largest absolute Gasteiger partial charge is 0.372 e. The second kappa shape index (κ2) is 6.15. The Morgan fingerprint density at radius 1 is 1.14 bits per heavy atom. The zero-order valence-electron chi connectivity index (χ0n) is 11.5. The van der Waals surface area contributed by atoms with Gasteiger partial charge in [0, 0.05) is 24.5 Å². The number of hydrazine groups is 1. The van der Waals surface area contributed by atoms with E-state index >= 15 is 0 Å². The van der Waals surface area contributed by atoms with Gasteiger partial charge >= 0.3 is 0 Å². The zero-order valence-corrected chi connectivity index (χ0v) is 12.3. The third-order valence-electron chi connectivity index (χ3n) is 3.47. The monoisotopic (exact) mass is 304 g/mol. The predicted molar refractivity (Wildman–Crippen MR) is 86.0 cm³/mol. The zero-order chi connectivity index (χ0) is 14.7. The van der Waals surface area contributed by atoms with Gasteiger partial charge in [-0.25, -0.2) is 10.8 Å². The van der Waals surface area contributed by atoms with E-state index in [9.17, 15) is 0 Å². The van der Waals surface area contributed by atoms with Gasteiger partial charge in [-0.15, -0.1) is 0 Å². The number of anilines is 4. The van der Waals surface area contributed by atoms with Gasteiger partial charge in [0.2, 0.25) is 5.95 Å². The molecule has 2 aromatic rings. The molecule has 4 N–H and O–H groups in total. The Balaban J connectivity index is 1.75. The van der Waals surface area contributed by atoms with E-state index in [4.69, 9.17) is 17.4 Å². The van der Waals surface area contributed by atoms with Crippen LogP contribution in [0.5, 0.6) is 0 Å². The van der Waals surface area contributed by atoms with Crippen LogP contribution in [0.2, 0.25) is 5.02 Å². The van der Waals surface area contributed by atoms with E-state index < -0.39 is 0 Å². The summed E-state index contributed by atoms with van der Waals surface area (Å²) in [6.45, 7) is 2.27. The molecule has 21 heavy (non-hydrogen) atoms. The Hall–Kier alpha value is -2.05. The average molecular weight is 305 g/mol. The number of halogens is 1. The van der Waals surface area contributed by atoms with Crippen LogP contribution in [0.4, 0.5) is 23.1 Å². The van der Waals surface area contributed by atoms with E-state index in [0.717, 1.165) is 18.8 Å². The molecule has 1 aromatic heterocycles. The highest BCUT2D eigenvalue weighted by atomic mass is 35.5. The lowest BCUT2D eigenvalue weighted by Crippen LogP contribution is -2.17. The number of nitrogens with zero attached hydrogens (tertiary/aromatic N) is 3. The first-order chi connectivity index (χ1) is 10.3. The number of nitrogens with one attached hydrogen (secondary N) is 2. The van der Waals surface area contributed by atoms with Crippen LogP contribution in [0.15, 0.2) is 30.5 Å². The summed E-state index contributed by atoms with van der Waals surface area (Å²) >= 11 is 6.07. The molecule has 0 saturated carbocycles. The van der Waals surface area contributed by atoms with Crippen LogP contribution in [0, 0.1) is 0 Å². The molecule has 0 radical (unpaired) electrons. The number of rotatable bonds is 4. The van der Waals surface area contributed by atoms with Gasteiger partial charge in [0.1, 0.15) is 5.02 Å². The van der Waals surface area contributed by atoms with Crippen LogP contribution in [0.3, 0.4) is 0 Å². The van der Waals surface area contributed by atoms with Gasteiger partial charge in [-0.1, -0.05) is 11.6 Å². The van der Waals surface area contributed by atoms with E-state index in [2.05, 4.69) is 37.7 Å². The highest BCUT2D eigenvalue weighted by Gasteiger charge is 2.12. The highest BCUT2D eigenvalue weighted by Crippen LogP contribution is 2.26. The third-order valence-corrected chi connectivity index (χ3v) is 3.75. The minimum atomic E-state index is 0.315. The molecule has 110 valence electrons. The second-order valence-corrected chi connectivity index (χ2v) is 5.31. The van der Waals surface area contributed by atoms with Crippen molar-refractivity contribution in [3.63, 3.8) is 0 Å². The molecule has 1 aliphatic heterocycles. The SMILES string of the molecule is NNc1ncc(Cl)c(Nc2ccc(N3CCCC3)cc2)n1. The van der Waals surface area contributed by atoms with Gasteiger partial charge in [0.15, 0.2) is 5.82 Å². The maximum atomic E-state index is 6.07. The van der Waals surface area contributed by atoms with Crippen molar-refractivity contribution in [1.29, 1.82) is 0 Å². The second-order valence-electron chi connectivity index (χ2n) is 4.90. The normalized spacial score (nSPS) is 14.3. The standard InChI is InChI=1S/C14H17ClN6/c15-12-9-17-14(20-16)19-13(12)18-10-3-5-11(6-4-10)21-7-1-2-8-21/h3-6,9H,1-2,7-8,16H2,(H2,17,18,19,20). The molecule has 0 amide bonds. The van der Waals surface area contributed by atoms with Crippen LogP contribution in [0.25, 0.3) is 0 Å². The lowest BCUT2D eigenvalue weighted by molar-refractivity contribution is 0.949. The van der Waals surface area contributed by atoms with E-state index in [0.29, 0.717) is 16.8 Å². The van der Waals surface area contributed by atoms with Gasteiger partial charge in [0.05, 0.1) is 6.20 Å². The molecule has 0 bridgehead atoms. The van der Waals surface area contributed by atoms with Crippen LogP contribution in [-0.2, 0) is 0 Å². The molecule has 0 atom stereocenters. The van der Waals surface area contributed by atoms with E-state index in [1.807, 2.05) is 12.1 Å². The molecule has 7 heteroatoms. The number of nitrogens with two attached hydrogens (primary N) is 1. The number of nitrogen functional groups attached to an aromatic ring is 1. The van der Waals surface area contributed by atoms with Crippen molar-refractivity contribution in [3.05, 3.63) is 35.5 Å². The first kappa shape index (κ1) is 13.9. The average Bonchev–Trinajstić information content (AvgIpc) is 3.04. The topological polar surface area (TPSA) is 79.1 Å². The fourth-order valence-corrected chi connectivity index (χ4v) is 2.53. The molecule has 0 aliphatic carbocycles. The number of hydrogen-bond acceptors (Lipinski definition) is 6. The summed E-state index contributed by atoms with van der Waals surface area (Å²) < 4.78 is 0. The number of aromatic nitrogens is 2. The maximum absolute atomic E-state index is 6.07. The van der Waals surface area contributed by atoms with Gasteiger partial charge in [0.25, 0.3) is 0 Å². The van der Waals surface area contributed by atoms with Crippen molar-refractivity contribution in [2.45, 2.75) is 12.8 Å². The highest BCUT2D eigenvalue weighted by molar-refractivity contribution is 6.32. The molecular formula is C14H17ClN6. The van der Waals surface area contributed by atoms with Crippen LogP contribution >= 0.6 is 11.6 Å². The minimum absolute atomic E-state index is 0.315. The van der Waals surface area contributed by atoms with Crippen LogP contribution in [-0.4, -0.2) is 23.1 Å². The summed E-state index contributed by atoms with van der Waals surface area (Å²) in [6, 6.07) is 8.24. The molecular weight excluding hydrogens is 288 g/mol. The van der Waals surface area contributed by atoms with Crippen molar-refractivity contribution >= 4 is 34.7 Å². The molecule has 1 fully saturated rings. The van der Waals surface area contributed by atoms with Crippen molar-refractivity contribution in [2.75, 3.05) is 28.7 Å². The Bertz CT molecular complexity index is 609. The van der Waals surface area contributed by atoms with Crippen LogP contribution in [0.1, 0.15) is 12.8 Å². The smallest absolute Gasteiger partial charge is 0.239 e. The minimum Gasteiger partial charge on any atom is -0.372 e. The van der Waals surface area contributed by atoms with E-state index in [-0.39, 0.29) is 0 Å². The number of hydrogen-bond donors (Lipinski definition) is 3. The predicted octanol–water partition coefficient (Wildman–Crippen LogP) is 2.76. The first-order valence-corrected chi connectivity index (χ1v) is 7.25. The molecule has 0 unspecified atom stereocenters. The Morgan fingerprint density at radius 3 is 2.52 bits per heavy atom. The summed E-state index contributed by atoms with van der Waals surface area (Å²) in [6.07, 6.45) is 4.04. The summed E-state index contributed by atoms with van der Waals surface area (Å²) in [5.41, 5.74) is 4.56. The Morgan fingerprint density at radius 2 is 1.86 bits per heavy atom. The fourth-order valence-electron chi connectivity index (χ4n) is 2.39. The molecule has 3 rings (SSSR count). The van der Waals surface area contributed by atoms with Crippen molar-refractivity contribution in [3.8, 4) is 0 Å². The third kappa shape index (κ3) is 3.17. The van der Waals surface area contributed by atoms with Gasteiger partial charge in [-0.2, -0.15) is 4.98 Å². The van der Waals surface area contributed by atoms with Gasteiger partial charge in [-0.3, -0.25) is 5.43 Å².